The van der Waals surface area contributed by atoms with Gasteiger partial charge in [0.1, 0.15) is 12.4 Å². The summed E-state index contributed by atoms with van der Waals surface area (Å²) in [5.41, 5.74) is 5.82. The van der Waals surface area contributed by atoms with E-state index in [2.05, 4.69) is 5.10 Å². The van der Waals surface area contributed by atoms with Crippen LogP contribution >= 0.6 is 11.6 Å². The van der Waals surface area contributed by atoms with Crippen LogP contribution in [0.2, 0.25) is 5.28 Å². The van der Waals surface area contributed by atoms with Crippen LogP contribution in [0.3, 0.4) is 0 Å². The average molecular weight is 447 g/mol. The number of benzene rings is 1. The first-order valence-corrected chi connectivity index (χ1v) is 9.60. The Hall–Kier alpha value is -2.66. The molecule has 1 amide bonds. The number of amides is 1. The molecule has 0 aliphatic carbocycles. The van der Waals surface area contributed by atoms with Crippen molar-refractivity contribution in [2.45, 2.75) is 38.9 Å². The lowest BCUT2D eigenvalue weighted by Gasteiger charge is -2.25. The van der Waals surface area contributed by atoms with Crippen LogP contribution in [0.1, 0.15) is 24.7 Å². The molecule has 1 aliphatic heterocycles. The summed E-state index contributed by atoms with van der Waals surface area (Å²) in [6.07, 6.45) is -0.991. The van der Waals surface area contributed by atoms with Gasteiger partial charge in [-0.25, -0.2) is 22.5 Å². The van der Waals surface area contributed by atoms with Gasteiger partial charge in [-0.2, -0.15) is 0 Å². The number of ether oxygens (including phenoxy) is 1. The molecule has 1 aliphatic rings. The van der Waals surface area contributed by atoms with Crippen LogP contribution in [0.4, 0.5) is 18.0 Å². The number of carbonyl (C=O) groups excluding carboxylic acids is 2. The summed E-state index contributed by atoms with van der Waals surface area (Å²) in [6.45, 7) is 2.52. The second-order valence-corrected chi connectivity index (χ2v) is 7.13. The summed E-state index contributed by atoms with van der Waals surface area (Å²) in [5, 5.41) is 4.17. The highest BCUT2D eigenvalue weighted by atomic mass is 35.5. The second kappa shape index (κ2) is 9.00. The van der Waals surface area contributed by atoms with Crippen LogP contribution in [0.15, 0.2) is 12.1 Å². The van der Waals surface area contributed by atoms with Crippen molar-refractivity contribution in [1.29, 1.82) is 0 Å². The summed E-state index contributed by atoms with van der Waals surface area (Å²) >= 11 is 6.16. The van der Waals surface area contributed by atoms with Crippen molar-refractivity contribution in [2.75, 3.05) is 13.2 Å². The van der Waals surface area contributed by atoms with Crippen molar-refractivity contribution in [2.24, 2.45) is 5.73 Å². The first-order chi connectivity index (χ1) is 14.2. The molecule has 2 N–H and O–H groups in total. The van der Waals surface area contributed by atoms with Gasteiger partial charge < -0.3 is 15.4 Å². The molecular formula is C18H20ClF3N5O3+. The third-order valence-electron chi connectivity index (χ3n) is 4.65. The summed E-state index contributed by atoms with van der Waals surface area (Å²) in [6, 6.07) is 0.390. The summed E-state index contributed by atoms with van der Waals surface area (Å²) in [5.74, 6) is -3.32. The van der Waals surface area contributed by atoms with Gasteiger partial charge >= 0.3 is 11.4 Å². The summed E-state index contributed by atoms with van der Waals surface area (Å²) in [4.78, 5) is 26.0. The van der Waals surface area contributed by atoms with Gasteiger partial charge in [-0.05, 0) is 36.6 Å². The SMILES string of the molecule is CCOC(=O)n1nc2[n+](c1Cl)CCN(C(=O)C[C@H](N)Cc1cc(F)c(F)cc1F)C2. The van der Waals surface area contributed by atoms with E-state index in [1.807, 2.05) is 0 Å². The standard InChI is InChI=1S/C18H20ClF3N5O3/c1-2-30-18(29)27-17(19)26-4-3-25(9-15(26)24-27)16(28)7-11(23)5-10-6-13(21)14(22)8-12(10)20/h6,8,11H,2-5,7,9,23H2,1H3/q+1/t11-/m1/s1. The molecule has 0 saturated heterocycles. The smallest absolute Gasteiger partial charge is 0.435 e. The van der Waals surface area contributed by atoms with Crippen molar-refractivity contribution in [3.05, 3.63) is 46.3 Å². The van der Waals surface area contributed by atoms with Crippen molar-refractivity contribution < 1.29 is 32.1 Å². The Bertz CT molecular complexity index is 984. The Balaban J connectivity index is 1.64. The highest BCUT2D eigenvalue weighted by Gasteiger charge is 2.35. The van der Waals surface area contributed by atoms with E-state index in [1.54, 1.807) is 11.5 Å². The van der Waals surface area contributed by atoms with Gasteiger partial charge in [0, 0.05) is 23.2 Å². The molecule has 2 heterocycles. The van der Waals surface area contributed by atoms with E-state index < -0.39 is 29.6 Å². The van der Waals surface area contributed by atoms with Crippen LogP contribution in [0.25, 0.3) is 0 Å². The molecular weight excluding hydrogens is 427 g/mol. The van der Waals surface area contributed by atoms with Crippen LogP contribution < -0.4 is 10.3 Å². The number of halogens is 4. The predicted molar refractivity (Wildman–Crippen MR) is 97.9 cm³/mol. The lowest BCUT2D eigenvalue weighted by atomic mass is 10.0. The summed E-state index contributed by atoms with van der Waals surface area (Å²) in [7, 11) is 0. The highest BCUT2D eigenvalue weighted by Crippen LogP contribution is 2.17. The molecule has 0 radical (unpaired) electrons. The van der Waals surface area contributed by atoms with E-state index in [1.165, 1.54) is 4.90 Å². The molecule has 162 valence electrons. The molecule has 2 aromatic rings. The molecule has 1 atom stereocenters. The monoisotopic (exact) mass is 446 g/mol. The number of hydrogen-bond acceptors (Lipinski definition) is 5. The Morgan fingerprint density at radius 1 is 1.30 bits per heavy atom. The van der Waals surface area contributed by atoms with Gasteiger partial charge in [-0.15, -0.1) is 0 Å². The fourth-order valence-corrected chi connectivity index (χ4v) is 3.47. The number of fused-ring (bicyclic) bond motifs is 1. The zero-order chi connectivity index (χ0) is 22.0. The maximum absolute atomic E-state index is 13.8. The molecule has 0 fully saturated rings. The van der Waals surface area contributed by atoms with Crippen molar-refractivity contribution in [1.82, 2.24) is 14.7 Å². The van der Waals surface area contributed by atoms with Gasteiger partial charge in [0.15, 0.2) is 11.6 Å². The number of rotatable bonds is 5. The maximum Gasteiger partial charge on any atom is 0.514 e. The van der Waals surface area contributed by atoms with Crippen LogP contribution in [0.5, 0.6) is 0 Å². The van der Waals surface area contributed by atoms with Crippen molar-refractivity contribution in [3.8, 4) is 0 Å². The second-order valence-electron chi connectivity index (χ2n) is 6.79. The van der Waals surface area contributed by atoms with Gasteiger partial charge in [0.2, 0.25) is 5.91 Å². The topological polar surface area (TPSA) is 94.3 Å². The molecule has 1 aromatic heterocycles. The van der Waals surface area contributed by atoms with E-state index >= 15 is 0 Å². The maximum atomic E-state index is 13.8. The molecule has 0 spiro atoms. The third kappa shape index (κ3) is 4.57. The first kappa shape index (κ1) is 22.0. The fourth-order valence-electron chi connectivity index (χ4n) is 3.18. The molecule has 0 unspecified atom stereocenters. The molecule has 0 bridgehead atoms. The van der Waals surface area contributed by atoms with E-state index in [9.17, 15) is 22.8 Å². The lowest BCUT2D eigenvalue weighted by Crippen LogP contribution is -2.52. The van der Waals surface area contributed by atoms with E-state index in [4.69, 9.17) is 22.1 Å². The Morgan fingerprint density at radius 2 is 2.00 bits per heavy atom. The predicted octanol–water partition coefficient (Wildman–Crippen LogP) is 1.55. The van der Waals surface area contributed by atoms with Gasteiger partial charge in [0.05, 0.1) is 24.8 Å². The third-order valence-corrected chi connectivity index (χ3v) is 5.02. The minimum Gasteiger partial charge on any atom is -0.435 e. The van der Waals surface area contributed by atoms with Crippen LogP contribution in [0, 0.1) is 17.5 Å². The molecule has 0 saturated carbocycles. The van der Waals surface area contributed by atoms with Gasteiger partial charge in [-0.1, -0.05) is 0 Å². The van der Waals surface area contributed by atoms with Crippen LogP contribution in [-0.2, 0) is 29.0 Å². The average Bonchev–Trinajstić information content (AvgIpc) is 3.02. The Kier molecular flexibility index (Phi) is 6.61. The van der Waals surface area contributed by atoms with E-state index in [0.717, 1.165) is 10.7 Å². The Morgan fingerprint density at radius 3 is 2.70 bits per heavy atom. The molecule has 1 aromatic carbocycles. The molecule has 30 heavy (non-hydrogen) atoms. The molecule has 8 nitrogen and oxygen atoms in total. The van der Waals surface area contributed by atoms with Crippen LogP contribution in [-0.4, -0.2) is 45.9 Å². The summed E-state index contributed by atoms with van der Waals surface area (Å²) < 4.78 is 47.6. The minimum atomic E-state index is -1.29. The number of nitrogens with zero attached hydrogens (tertiary/aromatic N) is 4. The van der Waals surface area contributed by atoms with Crippen molar-refractivity contribution in [3.63, 3.8) is 0 Å². The number of carbonyl (C=O) groups is 2. The lowest BCUT2D eigenvalue weighted by molar-refractivity contribution is -0.709. The van der Waals surface area contributed by atoms with Gasteiger partial charge in [-0.3, -0.25) is 4.79 Å². The number of hydrogen-bond donors (Lipinski definition) is 1. The quantitative estimate of drug-likeness (QED) is 0.555. The van der Waals surface area contributed by atoms with Crippen molar-refractivity contribution >= 4 is 23.6 Å². The largest absolute Gasteiger partial charge is 0.514 e. The molecule has 12 heteroatoms. The normalized spacial score (nSPS) is 14.4. The fraction of sp³-hybridized carbons (Fsp3) is 0.444. The van der Waals surface area contributed by atoms with Gasteiger partial charge in [0.25, 0.3) is 5.82 Å². The molecule has 3 rings (SSSR count). The minimum absolute atomic E-state index is 0.0704. The zero-order valence-electron chi connectivity index (χ0n) is 16.1. The first-order valence-electron chi connectivity index (χ1n) is 9.22. The number of aromatic nitrogens is 3. The number of nitrogens with two attached hydrogens (primary N) is 1. The highest BCUT2D eigenvalue weighted by molar-refractivity contribution is 6.28. The zero-order valence-corrected chi connectivity index (χ0v) is 16.8. The van der Waals surface area contributed by atoms with E-state index in [0.29, 0.717) is 25.0 Å². The Labute approximate surface area is 175 Å². The van der Waals surface area contributed by atoms with E-state index in [-0.39, 0.29) is 42.7 Å².